The molecule has 1 unspecified atom stereocenters. The van der Waals surface area contributed by atoms with Crippen molar-refractivity contribution in [3.8, 4) is 0 Å². The van der Waals surface area contributed by atoms with Crippen molar-refractivity contribution in [2.24, 2.45) is 0 Å². The number of nitrogens with zero attached hydrogens (tertiary/aromatic N) is 1. The van der Waals surface area contributed by atoms with Gasteiger partial charge in [-0.25, -0.2) is 0 Å². The van der Waals surface area contributed by atoms with E-state index in [1.807, 2.05) is 13.8 Å². The average molecular weight is 287 g/mol. The second-order valence-electron chi connectivity index (χ2n) is 6.67. The van der Waals surface area contributed by atoms with E-state index in [1.54, 1.807) is 0 Å². The Morgan fingerprint density at radius 2 is 2.05 bits per heavy atom. The van der Waals surface area contributed by atoms with E-state index in [0.717, 1.165) is 32.5 Å². The lowest BCUT2D eigenvalue weighted by molar-refractivity contribution is -0.116. The zero-order valence-corrected chi connectivity index (χ0v) is 13.5. The molecule has 0 aromatic carbocycles. The lowest BCUT2D eigenvalue weighted by Crippen LogP contribution is -2.52. The van der Waals surface area contributed by atoms with E-state index in [9.17, 15) is 5.11 Å². The average Bonchev–Trinajstić information content (AvgIpc) is 2.36. The zero-order chi connectivity index (χ0) is 13.9. The molecule has 0 aromatic heterocycles. The fraction of sp³-hybridized carbons (Fsp3) is 1.00. The van der Waals surface area contributed by atoms with E-state index in [4.69, 9.17) is 4.74 Å². The molecule has 0 bridgehead atoms. The van der Waals surface area contributed by atoms with Crippen LogP contribution in [0.1, 0.15) is 46.5 Å². The molecule has 1 N–H and O–H groups in total. The number of hydrogen-bond acceptors (Lipinski definition) is 4. The molecule has 1 spiro atoms. The third-order valence-electron chi connectivity index (χ3n) is 4.38. The van der Waals surface area contributed by atoms with Gasteiger partial charge in [0.2, 0.25) is 0 Å². The van der Waals surface area contributed by atoms with Gasteiger partial charge in [-0.3, -0.25) is 4.90 Å². The van der Waals surface area contributed by atoms with Crippen molar-refractivity contribution in [2.75, 3.05) is 31.2 Å². The van der Waals surface area contributed by atoms with E-state index in [0.29, 0.717) is 6.04 Å². The predicted molar refractivity (Wildman–Crippen MR) is 81.8 cm³/mol. The largest absolute Gasteiger partial charge is 0.389 e. The number of aliphatic hydroxyl groups is 1. The Morgan fingerprint density at radius 1 is 1.37 bits per heavy atom. The van der Waals surface area contributed by atoms with Gasteiger partial charge in [-0.05, 0) is 57.6 Å². The maximum Gasteiger partial charge on any atom is 0.0718 e. The maximum absolute atomic E-state index is 10.1. The monoisotopic (exact) mass is 287 g/mol. The van der Waals surface area contributed by atoms with Crippen molar-refractivity contribution >= 4 is 11.8 Å². The molecule has 0 amide bonds. The molecule has 2 rings (SSSR count). The van der Waals surface area contributed by atoms with Crippen LogP contribution in [0.25, 0.3) is 0 Å². The summed E-state index contributed by atoms with van der Waals surface area (Å²) in [5.41, 5.74) is -0.467. The number of thioether (sulfide) groups is 1. The topological polar surface area (TPSA) is 32.7 Å². The van der Waals surface area contributed by atoms with Gasteiger partial charge in [-0.2, -0.15) is 11.8 Å². The van der Waals surface area contributed by atoms with Crippen LogP contribution in [0.4, 0.5) is 0 Å². The first-order valence-corrected chi connectivity index (χ1v) is 8.78. The fourth-order valence-electron chi connectivity index (χ4n) is 3.40. The molecule has 2 aliphatic rings. The molecule has 2 saturated heterocycles. The minimum atomic E-state index is -0.607. The maximum atomic E-state index is 10.1. The van der Waals surface area contributed by atoms with Gasteiger partial charge in [0.25, 0.3) is 0 Å². The minimum absolute atomic E-state index is 0.140. The number of ether oxygens (including phenoxy) is 1. The second-order valence-corrected chi connectivity index (χ2v) is 7.89. The van der Waals surface area contributed by atoms with Crippen LogP contribution in [0.15, 0.2) is 0 Å². The molecule has 0 saturated carbocycles. The highest BCUT2D eigenvalue weighted by Crippen LogP contribution is 2.39. The van der Waals surface area contributed by atoms with Gasteiger partial charge in [0.05, 0.1) is 11.2 Å². The molecular weight excluding hydrogens is 258 g/mol. The quantitative estimate of drug-likeness (QED) is 0.861. The Kier molecular flexibility index (Phi) is 5.21. The van der Waals surface area contributed by atoms with Crippen LogP contribution in [-0.4, -0.2) is 58.5 Å². The van der Waals surface area contributed by atoms with Crippen LogP contribution in [0, 0.1) is 0 Å². The molecular formula is C15H29NO2S. The van der Waals surface area contributed by atoms with Crippen LogP contribution < -0.4 is 0 Å². The van der Waals surface area contributed by atoms with E-state index >= 15 is 0 Å². The molecule has 0 radical (unpaired) electrons. The van der Waals surface area contributed by atoms with Gasteiger partial charge in [-0.1, -0.05) is 6.92 Å². The first-order chi connectivity index (χ1) is 8.94. The van der Waals surface area contributed by atoms with Gasteiger partial charge in [-0.15, -0.1) is 0 Å². The molecule has 112 valence electrons. The Hall–Kier alpha value is 0.230. The van der Waals surface area contributed by atoms with Crippen LogP contribution in [0.2, 0.25) is 0 Å². The summed E-state index contributed by atoms with van der Waals surface area (Å²) < 4.78 is 6.16. The number of rotatable bonds is 4. The molecule has 0 aromatic rings. The van der Waals surface area contributed by atoms with Crippen LogP contribution in [-0.2, 0) is 4.74 Å². The van der Waals surface area contributed by atoms with E-state index in [1.165, 1.54) is 24.3 Å². The molecule has 4 heteroatoms. The summed E-state index contributed by atoms with van der Waals surface area (Å²) in [7, 11) is 0. The molecule has 3 nitrogen and oxygen atoms in total. The third kappa shape index (κ3) is 4.35. The highest BCUT2D eigenvalue weighted by Gasteiger charge is 2.40. The molecule has 2 aliphatic heterocycles. The fourth-order valence-corrected chi connectivity index (χ4v) is 4.64. The van der Waals surface area contributed by atoms with Gasteiger partial charge in [0.1, 0.15) is 0 Å². The first-order valence-electron chi connectivity index (χ1n) is 7.62. The normalized spacial score (nSPS) is 27.9. The lowest BCUT2D eigenvalue weighted by atomic mass is 9.84. The molecule has 2 fully saturated rings. The van der Waals surface area contributed by atoms with Crippen LogP contribution in [0.5, 0.6) is 0 Å². The SMILES string of the molecule is CCN(CC(C)(C)O)C1CCOC2(CCSCC2)C1. The molecule has 2 heterocycles. The number of likely N-dealkylation sites (N-methyl/N-ethyl adjacent to an activating group) is 1. The Bertz CT molecular complexity index is 279. The summed E-state index contributed by atoms with van der Waals surface area (Å²) in [6, 6.07) is 0.577. The Morgan fingerprint density at radius 3 is 2.63 bits per heavy atom. The van der Waals surface area contributed by atoms with Gasteiger partial charge >= 0.3 is 0 Å². The van der Waals surface area contributed by atoms with Crippen LogP contribution in [0.3, 0.4) is 0 Å². The third-order valence-corrected chi connectivity index (χ3v) is 5.37. The number of hydrogen-bond donors (Lipinski definition) is 1. The van der Waals surface area contributed by atoms with Crippen molar-refractivity contribution in [3.63, 3.8) is 0 Å². The van der Waals surface area contributed by atoms with Gasteiger partial charge < -0.3 is 9.84 Å². The smallest absolute Gasteiger partial charge is 0.0718 e. The summed E-state index contributed by atoms with van der Waals surface area (Å²) in [6.07, 6.45) is 4.67. The minimum Gasteiger partial charge on any atom is -0.389 e. The summed E-state index contributed by atoms with van der Waals surface area (Å²) in [6.45, 7) is 8.67. The first kappa shape index (κ1) is 15.6. The highest BCUT2D eigenvalue weighted by atomic mass is 32.2. The van der Waals surface area contributed by atoms with Crippen LogP contribution >= 0.6 is 11.8 Å². The van der Waals surface area contributed by atoms with E-state index < -0.39 is 5.60 Å². The standard InChI is InChI=1S/C15H29NO2S/c1-4-16(12-14(2,3)17)13-5-8-18-15(11-13)6-9-19-10-7-15/h13,17H,4-12H2,1-3H3. The summed E-state index contributed by atoms with van der Waals surface area (Å²) in [4.78, 5) is 2.45. The Balaban J connectivity index is 1.98. The molecule has 0 aliphatic carbocycles. The zero-order valence-electron chi connectivity index (χ0n) is 12.7. The van der Waals surface area contributed by atoms with Crippen molar-refractivity contribution in [1.29, 1.82) is 0 Å². The van der Waals surface area contributed by atoms with Crippen molar-refractivity contribution in [3.05, 3.63) is 0 Å². The Labute approximate surface area is 122 Å². The summed E-state index contributed by atoms with van der Waals surface area (Å²) in [5, 5.41) is 10.1. The highest BCUT2D eigenvalue weighted by molar-refractivity contribution is 7.99. The van der Waals surface area contributed by atoms with Gasteiger partial charge in [0.15, 0.2) is 0 Å². The van der Waals surface area contributed by atoms with Crippen molar-refractivity contribution in [1.82, 2.24) is 4.90 Å². The van der Waals surface area contributed by atoms with Gasteiger partial charge in [0, 0.05) is 19.2 Å². The summed E-state index contributed by atoms with van der Waals surface area (Å²) >= 11 is 2.05. The lowest BCUT2D eigenvalue weighted by Gasteiger charge is -2.47. The predicted octanol–water partition coefficient (Wildman–Crippen LogP) is 2.52. The second kappa shape index (κ2) is 6.33. The van der Waals surface area contributed by atoms with E-state index in [2.05, 4.69) is 23.6 Å². The van der Waals surface area contributed by atoms with Crippen molar-refractivity contribution < 1.29 is 9.84 Å². The molecule has 19 heavy (non-hydrogen) atoms. The van der Waals surface area contributed by atoms with Crippen molar-refractivity contribution in [2.45, 2.75) is 63.7 Å². The summed E-state index contributed by atoms with van der Waals surface area (Å²) in [5.74, 6) is 2.48. The molecule has 1 atom stereocenters. The van der Waals surface area contributed by atoms with E-state index in [-0.39, 0.29) is 5.60 Å².